The Morgan fingerprint density at radius 2 is 2.17 bits per heavy atom. The van der Waals surface area contributed by atoms with Gasteiger partial charge in [-0.05, 0) is 45.2 Å². The summed E-state index contributed by atoms with van der Waals surface area (Å²) in [6.45, 7) is 4.24. The fourth-order valence-electron chi connectivity index (χ4n) is 2.49. The summed E-state index contributed by atoms with van der Waals surface area (Å²) in [6, 6.07) is 0. The van der Waals surface area contributed by atoms with Gasteiger partial charge in [0.15, 0.2) is 5.13 Å². The number of carbonyl (C=O) groups excluding carboxylic acids is 2. The second kappa shape index (κ2) is 10.6. The SMILES string of the molecule is CCOC(=O)Cc1csc(NC(=O)CCC2CCNCC2)n1.Cl. The van der Waals surface area contributed by atoms with Gasteiger partial charge < -0.3 is 15.4 Å². The van der Waals surface area contributed by atoms with Crippen molar-refractivity contribution in [2.24, 2.45) is 5.92 Å². The van der Waals surface area contributed by atoms with E-state index in [0.29, 0.717) is 29.8 Å². The van der Waals surface area contributed by atoms with Gasteiger partial charge in [-0.1, -0.05) is 0 Å². The highest BCUT2D eigenvalue weighted by molar-refractivity contribution is 7.13. The largest absolute Gasteiger partial charge is 0.466 e. The summed E-state index contributed by atoms with van der Waals surface area (Å²) in [5, 5.41) is 8.46. The van der Waals surface area contributed by atoms with Crippen LogP contribution in [0.2, 0.25) is 0 Å². The third kappa shape index (κ3) is 7.28. The molecule has 23 heavy (non-hydrogen) atoms. The summed E-state index contributed by atoms with van der Waals surface area (Å²) in [4.78, 5) is 27.6. The van der Waals surface area contributed by atoms with Crippen LogP contribution in [0, 0.1) is 5.92 Å². The number of hydrogen-bond donors (Lipinski definition) is 2. The lowest BCUT2D eigenvalue weighted by Gasteiger charge is -2.21. The highest BCUT2D eigenvalue weighted by atomic mass is 35.5. The number of amides is 1. The lowest BCUT2D eigenvalue weighted by molar-refractivity contribution is -0.142. The molecule has 130 valence electrons. The van der Waals surface area contributed by atoms with Crippen LogP contribution in [0.4, 0.5) is 5.13 Å². The van der Waals surface area contributed by atoms with Crippen LogP contribution in [0.3, 0.4) is 0 Å². The number of rotatable bonds is 7. The van der Waals surface area contributed by atoms with Gasteiger partial charge in [0, 0.05) is 11.8 Å². The molecule has 0 aliphatic carbocycles. The summed E-state index contributed by atoms with van der Waals surface area (Å²) < 4.78 is 4.88. The van der Waals surface area contributed by atoms with Gasteiger partial charge >= 0.3 is 5.97 Å². The summed E-state index contributed by atoms with van der Waals surface area (Å²) in [7, 11) is 0. The second-order valence-corrected chi connectivity index (χ2v) is 6.26. The Balaban J connectivity index is 0.00000264. The Bertz CT molecular complexity index is 504. The number of piperidine rings is 1. The highest BCUT2D eigenvalue weighted by Crippen LogP contribution is 2.20. The number of carbonyl (C=O) groups is 2. The maximum Gasteiger partial charge on any atom is 0.311 e. The molecular weight excluding hydrogens is 338 g/mol. The fourth-order valence-corrected chi connectivity index (χ4v) is 3.22. The zero-order valence-corrected chi connectivity index (χ0v) is 14.9. The molecule has 0 radical (unpaired) electrons. The van der Waals surface area contributed by atoms with E-state index >= 15 is 0 Å². The van der Waals surface area contributed by atoms with E-state index < -0.39 is 0 Å². The number of nitrogens with one attached hydrogen (secondary N) is 2. The molecule has 6 nitrogen and oxygen atoms in total. The summed E-state index contributed by atoms with van der Waals surface area (Å²) in [6.07, 6.45) is 3.89. The summed E-state index contributed by atoms with van der Waals surface area (Å²) >= 11 is 1.34. The lowest BCUT2D eigenvalue weighted by Crippen LogP contribution is -2.28. The van der Waals surface area contributed by atoms with Crippen LogP contribution in [0.1, 0.15) is 38.3 Å². The molecule has 1 saturated heterocycles. The van der Waals surface area contributed by atoms with E-state index in [1.165, 1.54) is 11.3 Å². The van der Waals surface area contributed by atoms with Crippen molar-refractivity contribution in [3.8, 4) is 0 Å². The molecule has 1 fully saturated rings. The molecule has 0 bridgehead atoms. The van der Waals surface area contributed by atoms with Gasteiger partial charge in [-0.2, -0.15) is 0 Å². The van der Waals surface area contributed by atoms with Crippen LogP contribution in [0.5, 0.6) is 0 Å². The minimum Gasteiger partial charge on any atom is -0.466 e. The topological polar surface area (TPSA) is 80.3 Å². The number of nitrogens with zero attached hydrogens (tertiary/aromatic N) is 1. The quantitative estimate of drug-likeness (QED) is 0.729. The van der Waals surface area contributed by atoms with Gasteiger partial charge in [-0.25, -0.2) is 4.98 Å². The van der Waals surface area contributed by atoms with Crippen LogP contribution in [0.15, 0.2) is 5.38 Å². The minimum absolute atomic E-state index is 0. The Kier molecular flexibility index (Phi) is 9.13. The average molecular weight is 362 g/mol. The molecule has 2 N–H and O–H groups in total. The van der Waals surface area contributed by atoms with Gasteiger partial charge in [-0.15, -0.1) is 23.7 Å². The van der Waals surface area contributed by atoms with Crippen molar-refractivity contribution in [1.82, 2.24) is 10.3 Å². The zero-order chi connectivity index (χ0) is 15.8. The summed E-state index contributed by atoms with van der Waals surface area (Å²) in [5.74, 6) is 0.342. The van der Waals surface area contributed by atoms with Crippen LogP contribution in [-0.4, -0.2) is 36.6 Å². The normalized spacial score (nSPS) is 14.8. The highest BCUT2D eigenvalue weighted by Gasteiger charge is 2.15. The first-order valence-corrected chi connectivity index (χ1v) is 8.66. The molecule has 0 saturated carbocycles. The van der Waals surface area contributed by atoms with Crippen molar-refractivity contribution in [2.75, 3.05) is 25.0 Å². The molecule has 0 unspecified atom stereocenters. The number of halogens is 1. The number of esters is 1. The summed E-state index contributed by atoms with van der Waals surface area (Å²) in [5.41, 5.74) is 0.636. The van der Waals surface area contributed by atoms with Gasteiger partial charge in [0.25, 0.3) is 0 Å². The third-order valence-electron chi connectivity index (χ3n) is 3.67. The molecule has 0 spiro atoms. The standard InChI is InChI=1S/C15H23N3O3S.ClH/c1-2-21-14(20)9-12-10-22-15(17-12)18-13(19)4-3-11-5-7-16-8-6-11;/h10-11,16H,2-9H2,1H3,(H,17,18,19);1H. The molecular formula is C15H24ClN3O3S. The van der Waals surface area contributed by atoms with Crippen LogP contribution in [-0.2, 0) is 20.7 Å². The predicted molar refractivity (Wildman–Crippen MR) is 93.2 cm³/mol. The fraction of sp³-hybridized carbons (Fsp3) is 0.667. The van der Waals surface area contributed by atoms with Crippen molar-refractivity contribution in [2.45, 2.75) is 39.0 Å². The lowest BCUT2D eigenvalue weighted by atomic mass is 9.93. The number of hydrogen-bond acceptors (Lipinski definition) is 6. The van der Waals surface area contributed by atoms with Crippen LogP contribution < -0.4 is 10.6 Å². The maximum absolute atomic E-state index is 11.9. The molecule has 2 heterocycles. The Labute approximate surface area is 146 Å². The van der Waals surface area contributed by atoms with E-state index in [1.54, 1.807) is 12.3 Å². The van der Waals surface area contributed by atoms with E-state index in [-0.39, 0.29) is 30.7 Å². The molecule has 1 aromatic heterocycles. The zero-order valence-electron chi connectivity index (χ0n) is 13.3. The Morgan fingerprint density at radius 1 is 1.43 bits per heavy atom. The van der Waals surface area contributed by atoms with Crippen molar-refractivity contribution < 1.29 is 14.3 Å². The predicted octanol–water partition coefficient (Wildman–Crippen LogP) is 2.39. The molecule has 0 atom stereocenters. The van der Waals surface area contributed by atoms with E-state index in [1.807, 2.05) is 0 Å². The first-order valence-electron chi connectivity index (χ1n) is 7.78. The molecule has 1 amide bonds. The van der Waals surface area contributed by atoms with Crippen molar-refractivity contribution in [3.63, 3.8) is 0 Å². The monoisotopic (exact) mass is 361 g/mol. The first kappa shape index (κ1) is 19.9. The first-order chi connectivity index (χ1) is 10.7. The number of anilines is 1. The molecule has 8 heteroatoms. The number of ether oxygens (including phenoxy) is 1. The smallest absolute Gasteiger partial charge is 0.311 e. The Hall–Kier alpha value is -1.18. The molecule has 1 aliphatic heterocycles. The van der Waals surface area contributed by atoms with Gasteiger partial charge in [-0.3, -0.25) is 9.59 Å². The molecule has 0 aromatic carbocycles. The van der Waals surface area contributed by atoms with Gasteiger partial charge in [0.05, 0.1) is 18.7 Å². The minimum atomic E-state index is -0.295. The van der Waals surface area contributed by atoms with E-state index in [9.17, 15) is 9.59 Å². The van der Waals surface area contributed by atoms with Crippen molar-refractivity contribution in [1.29, 1.82) is 0 Å². The second-order valence-electron chi connectivity index (χ2n) is 5.41. The Morgan fingerprint density at radius 3 is 2.87 bits per heavy atom. The number of thiazole rings is 1. The van der Waals surface area contributed by atoms with Crippen molar-refractivity contribution >= 4 is 40.8 Å². The van der Waals surface area contributed by atoms with Crippen molar-refractivity contribution in [3.05, 3.63) is 11.1 Å². The van der Waals surface area contributed by atoms with E-state index in [0.717, 1.165) is 32.4 Å². The molecule has 2 rings (SSSR count). The van der Waals surface area contributed by atoms with E-state index in [2.05, 4.69) is 15.6 Å². The van der Waals surface area contributed by atoms with Crippen LogP contribution >= 0.6 is 23.7 Å². The average Bonchev–Trinajstić information content (AvgIpc) is 2.93. The molecule has 1 aromatic rings. The van der Waals surface area contributed by atoms with Gasteiger partial charge in [0.1, 0.15) is 0 Å². The van der Waals surface area contributed by atoms with Gasteiger partial charge in [0.2, 0.25) is 5.91 Å². The number of aromatic nitrogens is 1. The molecule has 1 aliphatic rings. The third-order valence-corrected chi connectivity index (χ3v) is 4.47. The van der Waals surface area contributed by atoms with Crippen LogP contribution in [0.25, 0.3) is 0 Å². The maximum atomic E-state index is 11.9. The van der Waals surface area contributed by atoms with E-state index in [4.69, 9.17) is 4.74 Å².